The maximum Gasteiger partial charge on any atom is 0.259 e. The Kier molecular flexibility index (Phi) is 3.45. The van der Waals surface area contributed by atoms with Crippen molar-refractivity contribution in [2.45, 2.75) is 0 Å². The normalized spacial score (nSPS) is 10.6. The van der Waals surface area contributed by atoms with E-state index < -0.39 is 0 Å². The molecule has 21 heavy (non-hydrogen) atoms. The van der Waals surface area contributed by atoms with Crippen LogP contribution in [0.5, 0.6) is 0 Å². The molecule has 2 aromatic heterocycles. The van der Waals surface area contributed by atoms with E-state index in [0.717, 1.165) is 5.56 Å². The first kappa shape index (κ1) is 13.4. The van der Waals surface area contributed by atoms with Gasteiger partial charge in [-0.25, -0.2) is 0 Å². The van der Waals surface area contributed by atoms with Crippen LogP contribution in [0.1, 0.15) is 10.4 Å². The molecule has 0 aliphatic rings. The number of anilines is 1. The van der Waals surface area contributed by atoms with E-state index in [9.17, 15) is 4.79 Å². The van der Waals surface area contributed by atoms with Crippen LogP contribution in [0, 0.1) is 0 Å². The standard InChI is InChI=1S/C14H12ClN5O/c1-20-8-11(6-17-20)18-14(21)12-7-16-19-13(12)9-3-2-4-10(15)5-9/h2-8H,1H3,(H,16,19)(H,18,21). The van der Waals surface area contributed by atoms with Crippen LogP contribution in [0.2, 0.25) is 5.02 Å². The third-order valence-corrected chi connectivity index (χ3v) is 3.20. The van der Waals surface area contributed by atoms with E-state index in [2.05, 4.69) is 20.6 Å². The molecule has 2 N–H and O–H groups in total. The van der Waals surface area contributed by atoms with Crippen molar-refractivity contribution in [2.24, 2.45) is 7.05 Å². The van der Waals surface area contributed by atoms with Crippen LogP contribution >= 0.6 is 11.6 Å². The predicted molar refractivity (Wildman–Crippen MR) is 80.2 cm³/mol. The second-order valence-corrected chi connectivity index (χ2v) is 4.96. The summed E-state index contributed by atoms with van der Waals surface area (Å²) in [5.74, 6) is -0.258. The second kappa shape index (κ2) is 5.41. The monoisotopic (exact) mass is 301 g/mol. The summed E-state index contributed by atoms with van der Waals surface area (Å²) in [5.41, 5.74) is 2.50. The molecular weight excluding hydrogens is 290 g/mol. The number of rotatable bonds is 3. The molecule has 106 valence electrons. The van der Waals surface area contributed by atoms with Gasteiger partial charge in [0.1, 0.15) is 0 Å². The summed E-state index contributed by atoms with van der Waals surface area (Å²) in [7, 11) is 1.78. The summed E-state index contributed by atoms with van der Waals surface area (Å²) in [5, 5.41) is 14.2. The molecule has 0 saturated heterocycles. The highest BCUT2D eigenvalue weighted by molar-refractivity contribution is 6.30. The molecule has 0 aliphatic heterocycles. The van der Waals surface area contributed by atoms with Crippen LogP contribution < -0.4 is 5.32 Å². The van der Waals surface area contributed by atoms with Crippen LogP contribution in [0.15, 0.2) is 42.9 Å². The molecule has 6 nitrogen and oxygen atoms in total. The highest BCUT2D eigenvalue weighted by Crippen LogP contribution is 2.24. The lowest BCUT2D eigenvalue weighted by molar-refractivity contribution is 0.102. The Morgan fingerprint density at radius 3 is 2.95 bits per heavy atom. The fourth-order valence-electron chi connectivity index (χ4n) is 2.01. The molecule has 2 heterocycles. The average molecular weight is 302 g/mol. The van der Waals surface area contributed by atoms with E-state index >= 15 is 0 Å². The minimum absolute atomic E-state index is 0.258. The summed E-state index contributed by atoms with van der Waals surface area (Å²) in [6.07, 6.45) is 4.79. The number of nitrogens with zero attached hydrogens (tertiary/aromatic N) is 3. The van der Waals surface area contributed by atoms with Crippen molar-refractivity contribution in [3.63, 3.8) is 0 Å². The molecule has 0 unspecified atom stereocenters. The van der Waals surface area contributed by atoms with Gasteiger partial charge < -0.3 is 5.32 Å². The van der Waals surface area contributed by atoms with Gasteiger partial charge in [0.15, 0.2) is 0 Å². The lowest BCUT2D eigenvalue weighted by atomic mass is 10.1. The number of benzene rings is 1. The van der Waals surface area contributed by atoms with Gasteiger partial charge in [0.2, 0.25) is 0 Å². The Morgan fingerprint density at radius 1 is 1.38 bits per heavy atom. The Labute approximate surface area is 125 Å². The number of carbonyl (C=O) groups excluding carboxylic acids is 1. The van der Waals surface area contributed by atoms with Crippen LogP contribution in [-0.2, 0) is 7.05 Å². The van der Waals surface area contributed by atoms with Crippen molar-refractivity contribution in [3.05, 3.63) is 53.4 Å². The molecule has 0 saturated carbocycles. The maximum atomic E-state index is 12.3. The minimum Gasteiger partial charge on any atom is -0.319 e. The summed E-state index contributed by atoms with van der Waals surface area (Å²) < 4.78 is 1.61. The molecule has 7 heteroatoms. The number of hydrogen-bond acceptors (Lipinski definition) is 3. The third-order valence-electron chi connectivity index (χ3n) is 2.96. The third kappa shape index (κ3) is 2.80. The molecule has 0 spiro atoms. The first-order valence-electron chi connectivity index (χ1n) is 6.23. The van der Waals surface area contributed by atoms with Gasteiger partial charge in [-0.3, -0.25) is 14.6 Å². The molecule has 1 amide bonds. The molecule has 3 rings (SSSR count). The minimum atomic E-state index is -0.258. The molecule has 0 aliphatic carbocycles. The Bertz CT molecular complexity index is 792. The second-order valence-electron chi connectivity index (χ2n) is 4.53. The van der Waals surface area contributed by atoms with Crippen molar-refractivity contribution in [2.75, 3.05) is 5.32 Å². The predicted octanol–water partition coefficient (Wildman–Crippen LogP) is 2.72. The van der Waals surface area contributed by atoms with Gasteiger partial charge in [0.05, 0.1) is 29.3 Å². The number of amides is 1. The van der Waals surface area contributed by atoms with E-state index in [4.69, 9.17) is 11.6 Å². The Hall–Kier alpha value is -2.60. The first-order valence-corrected chi connectivity index (χ1v) is 6.60. The van der Waals surface area contributed by atoms with Gasteiger partial charge >= 0.3 is 0 Å². The van der Waals surface area contributed by atoms with E-state index in [-0.39, 0.29) is 5.91 Å². The molecule has 0 fully saturated rings. The SMILES string of the molecule is Cn1cc(NC(=O)c2cn[nH]c2-c2cccc(Cl)c2)cn1. The largest absolute Gasteiger partial charge is 0.319 e. The Balaban J connectivity index is 1.90. The number of halogens is 1. The van der Waals surface area contributed by atoms with Crippen molar-refractivity contribution in [1.82, 2.24) is 20.0 Å². The number of aromatic nitrogens is 4. The first-order chi connectivity index (χ1) is 10.1. The Morgan fingerprint density at radius 2 is 2.24 bits per heavy atom. The topological polar surface area (TPSA) is 75.6 Å². The molecule has 1 aromatic carbocycles. The van der Waals surface area contributed by atoms with Gasteiger partial charge in [0, 0.05) is 23.8 Å². The quantitative estimate of drug-likeness (QED) is 0.781. The van der Waals surface area contributed by atoms with E-state index in [1.165, 1.54) is 6.20 Å². The zero-order chi connectivity index (χ0) is 14.8. The van der Waals surface area contributed by atoms with Crippen LogP contribution in [-0.4, -0.2) is 25.9 Å². The van der Waals surface area contributed by atoms with Crippen LogP contribution in [0.3, 0.4) is 0 Å². The van der Waals surface area contributed by atoms with E-state index in [1.807, 2.05) is 12.1 Å². The lowest BCUT2D eigenvalue weighted by Crippen LogP contribution is -2.11. The fourth-order valence-corrected chi connectivity index (χ4v) is 2.20. The summed E-state index contributed by atoms with van der Waals surface area (Å²) in [6, 6.07) is 7.23. The van der Waals surface area contributed by atoms with Gasteiger partial charge in [-0.15, -0.1) is 0 Å². The summed E-state index contributed by atoms with van der Waals surface area (Å²) >= 11 is 5.98. The van der Waals surface area contributed by atoms with Crippen LogP contribution in [0.4, 0.5) is 5.69 Å². The van der Waals surface area contributed by atoms with E-state index in [0.29, 0.717) is 22.0 Å². The van der Waals surface area contributed by atoms with Crippen molar-refractivity contribution < 1.29 is 4.79 Å². The smallest absolute Gasteiger partial charge is 0.259 e. The maximum absolute atomic E-state index is 12.3. The van der Waals surface area contributed by atoms with Crippen molar-refractivity contribution in [3.8, 4) is 11.3 Å². The number of hydrogen-bond donors (Lipinski definition) is 2. The molecular formula is C14H12ClN5O. The van der Waals surface area contributed by atoms with Gasteiger partial charge in [0.25, 0.3) is 5.91 Å². The van der Waals surface area contributed by atoms with Crippen molar-refractivity contribution >= 4 is 23.2 Å². The van der Waals surface area contributed by atoms with Crippen LogP contribution in [0.25, 0.3) is 11.3 Å². The molecule has 0 atom stereocenters. The highest BCUT2D eigenvalue weighted by atomic mass is 35.5. The average Bonchev–Trinajstić information content (AvgIpc) is 3.07. The fraction of sp³-hybridized carbons (Fsp3) is 0.0714. The number of aryl methyl sites for hydroxylation is 1. The summed E-state index contributed by atoms with van der Waals surface area (Å²) in [6.45, 7) is 0. The zero-order valence-electron chi connectivity index (χ0n) is 11.2. The zero-order valence-corrected chi connectivity index (χ0v) is 11.9. The number of carbonyl (C=O) groups is 1. The summed E-state index contributed by atoms with van der Waals surface area (Å²) in [4.78, 5) is 12.3. The molecule has 3 aromatic rings. The highest BCUT2D eigenvalue weighted by Gasteiger charge is 2.16. The molecule has 0 radical (unpaired) electrons. The van der Waals surface area contributed by atoms with Gasteiger partial charge in [-0.05, 0) is 12.1 Å². The van der Waals surface area contributed by atoms with E-state index in [1.54, 1.807) is 36.3 Å². The van der Waals surface area contributed by atoms with Gasteiger partial charge in [-0.2, -0.15) is 10.2 Å². The number of H-pyrrole nitrogens is 1. The number of aromatic amines is 1. The van der Waals surface area contributed by atoms with Gasteiger partial charge in [-0.1, -0.05) is 23.7 Å². The number of nitrogens with one attached hydrogen (secondary N) is 2. The molecule has 0 bridgehead atoms. The lowest BCUT2D eigenvalue weighted by Gasteiger charge is -2.04. The van der Waals surface area contributed by atoms with Crippen molar-refractivity contribution in [1.29, 1.82) is 0 Å².